The van der Waals surface area contributed by atoms with Crippen molar-refractivity contribution in [1.82, 2.24) is 25.4 Å². The summed E-state index contributed by atoms with van der Waals surface area (Å²) >= 11 is 3.03. The van der Waals surface area contributed by atoms with E-state index in [0.717, 1.165) is 22.8 Å². The lowest BCUT2D eigenvalue weighted by Gasteiger charge is -2.31. The van der Waals surface area contributed by atoms with Crippen LogP contribution in [-0.2, 0) is 16.0 Å². The van der Waals surface area contributed by atoms with Gasteiger partial charge in [0, 0.05) is 36.8 Å². The standard InChI is InChI=1S/C22H25N7O4S2/c1-22(4-5-22)15-10-23-16(33-15)12-34-17-11-26-21(35-17)27-18(30)13-2-6-29(7-3-13)20-24-8-14(9-25-20)19(31)28-32/h8-11,13,32H,2-7,12H2,1H3,(H,28,31)(H,26,27,30). The van der Waals surface area contributed by atoms with Gasteiger partial charge in [-0.05, 0) is 25.7 Å². The smallest absolute Gasteiger partial charge is 0.277 e. The summed E-state index contributed by atoms with van der Waals surface area (Å²) in [6, 6.07) is 0. The van der Waals surface area contributed by atoms with E-state index >= 15 is 0 Å². The van der Waals surface area contributed by atoms with Crippen LogP contribution in [0.4, 0.5) is 11.1 Å². The van der Waals surface area contributed by atoms with Crippen LogP contribution < -0.4 is 15.7 Å². The zero-order valence-corrected chi connectivity index (χ0v) is 20.7. The van der Waals surface area contributed by atoms with Crippen molar-refractivity contribution in [2.45, 2.75) is 48.0 Å². The lowest BCUT2D eigenvalue weighted by Crippen LogP contribution is -2.39. The molecule has 1 aliphatic carbocycles. The van der Waals surface area contributed by atoms with Crippen LogP contribution in [0.15, 0.2) is 33.4 Å². The van der Waals surface area contributed by atoms with Gasteiger partial charge in [0.2, 0.25) is 17.7 Å². The number of nitrogens with one attached hydrogen (secondary N) is 2. The van der Waals surface area contributed by atoms with E-state index in [9.17, 15) is 9.59 Å². The van der Waals surface area contributed by atoms with E-state index in [0.29, 0.717) is 48.7 Å². The van der Waals surface area contributed by atoms with Gasteiger partial charge in [0.15, 0.2) is 5.13 Å². The van der Waals surface area contributed by atoms with Crippen LogP contribution in [0.1, 0.15) is 54.6 Å². The first-order chi connectivity index (χ1) is 16.9. The van der Waals surface area contributed by atoms with Gasteiger partial charge in [-0.1, -0.05) is 18.3 Å². The molecule has 2 amide bonds. The number of piperidine rings is 1. The second-order valence-corrected chi connectivity index (χ2v) is 11.2. The number of amides is 2. The normalized spacial score (nSPS) is 17.3. The molecular formula is C22H25N7O4S2. The Morgan fingerprint density at radius 1 is 1.17 bits per heavy atom. The molecule has 1 saturated carbocycles. The maximum atomic E-state index is 12.8. The maximum absolute atomic E-state index is 12.8. The summed E-state index contributed by atoms with van der Waals surface area (Å²) in [5.41, 5.74) is 1.89. The molecule has 13 heteroatoms. The number of rotatable bonds is 8. The summed E-state index contributed by atoms with van der Waals surface area (Å²) in [7, 11) is 0. The van der Waals surface area contributed by atoms with E-state index in [1.54, 1.807) is 23.4 Å². The first-order valence-electron chi connectivity index (χ1n) is 11.3. The van der Waals surface area contributed by atoms with E-state index in [1.165, 1.54) is 23.7 Å². The monoisotopic (exact) mass is 515 g/mol. The fourth-order valence-corrected chi connectivity index (χ4v) is 5.55. The van der Waals surface area contributed by atoms with Gasteiger partial charge in [-0.25, -0.2) is 25.4 Å². The minimum absolute atomic E-state index is 0.0403. The van der Waals surface area contributed by atoms with Crippen LogP contribution in [0, 0.1) is 5.92 Å². The van der Waals surface area contributed by atoms with Gasteiger partial charge in [0.25, 0.3) is 5.91 Å². The molecule has 3 aromatic heterocycles. The second-order valence-electron chi connectivity index (χ2n) is 8.92. The Morgan fingerprint density at radius 3 is 2.60 bits per heavy atom. The molecule has 0 atom stereocenters. The molecular weight excluding hydrogens is 490 g/mol. The van der Waals surface area contributed by atoms with Gasteiger partial charge < -0.3 is 14.6 Å². The molecule has 3 N–H and O–H groups in total. The van der Waals surface area contributed by atoms with Gasteiger partial charge in [0.05, 0.1) is 27.9 Å². The minimum atomic E-state index is -0.662. The van der Waals surface area contributed by atoms with E-state index in [-0.39, 0.29) is 22.8 Å². The molecule has 2 fully saturated rings. The van der Waals surface area contributed by atoms with Gasteiger partial charge in [-0.15, -0.1) is 11.8 Å². The number of oxazole rings is 1. The number of hydrogen-bond donors (Lipinski definition) is 3. The predicted molar refractivity (Wildman–Crippen MR) is 130 cm³/mol. The highest BCUT2D eigenvalue weighted by atomic mass is 32.2. The fourth-order valence-electron chi connectivity index (χ4n) is 3.82. The van der Waals surface area contributed by atoms with Crippen molar-refractivity contribution in [2.24, 2.45) is 5.92 Å². The lowest BCUT2D eigenvalue weighted by molar-refractivity contribution is -0.120. The summed E-state index contributed by atoms with van der Waals surface area (Å²) in [5.74, 6) is 1.96. The van der Waals surface area contributed by atoms with Gasteiger partial charge in [-0.2, -0.15) is 0 Å². The van der Waals surface area contributed by atoms with Gasteiger partial charge in [0.1, 0.15) is 5.76 Å². The molecule has 5 rings (SSSR count). The van der Waals surface area contributed by atoms with Crippen molar-refractivity contribution in [1.29, 1.82) is 0 Å². The average Bonchev–Trinajstić information content (AvgIpc) is 3.25. The van der Waals surface area contributed by atoms with Gasteiger partial charge >= 0.3 is 0 Å². The Balaban J connectivity index is 1.08. The summed E-state index contributed by atoms with van der Waals surface area (Å²) in [6.07, 6.45) is 9.94. The maximum Gasteiger partial charge on any atom is 0.277 e. The van der Waals surface area contributed by atoms with Crippen molar-refractivity contribution in [3.8, 4) is 0 Å². The second kappa shape index (κ2) is 9.91. The SMILES string of the molecule is CC1(c2cnc(CSc3cnc(NC(=O)C4CCN(c5ncc(C(=O)NO)cn5)CC4)s3)o2)CC1. The zero-order chi connectivity index (χ0) is 24.4. The van der Waals surface area contributed by atoms with E-state index in [2.05, 4.69) is 32.2 Å². The van der Waals surface area contributed by atoms with Crippen molar-refractivity contribution < 1.29 is 19.2 Å². The van der Waals surface area contributed by atoms with Crippen LogP contribution in [0.5, 0.6) is 0 Å². The number of thiazole rings is 1. The third-order valence-corrected chi connectivity index (χ3v) is 8.44. The molecule has 3 aromatic rings. The molecule has 1 aliphatic heterocycles. The largest absolute Gasteiger partial charge is 0.444 e. The molecule has 0 radical (unpaired) electrons. The summed E-state index contributed by atoms with van der Waals surface area (Å²) in [4.78, 5) is 43.2. The van der Waals surface area contributed by atoms with Crippen molar-refractivity contribution >= 4 is 46.0 Å². The van der Waals surface area contributed by atoms with Gasteiger partial charge in [-0.3, -0.25) is 14.8 Å². The molecule has 1 saturated heterocycles. The van der Waals surface area contributed by atoms with E-state index in [4.69, 9.17) is 9.62 Å². The highest BCUT2D eigenvalue weighted by molar-refractivity contribution is 8.00. The summed E-state index contributed by atoms with van der Waals surface area (Å²) in [5, 5.41) is 12.2. The average molecular weight is 516 g/mol. The molecule has 4 heterocycles. The highest BCUT2D eigenvalue weighted by Gasteiger charge is 2.42. The molecule has 2 aliphatic rings. The third kappa shape index (κ3) is 5.46. The Hall–Kier alpha value is -3.03. The molecule has 0 spiro atoms. The Bertz CT molecular complexity index is 1200. The molecule has 0 aromatic carbocycles. The number of carbonyl (C=O) groups excluding carboxylic acids is 2. The number of anilines is 2. The molecule has 0 bridgehead atoms. The fraction of sp³-hybridized carbons (Fsp3) is 0.455. The van der Waals surface area contributed by atoms with Crippen molar-refractivity contribution in [3.05, 3.63) is 42.0 Å². The Morgan fingerprint density at radius 2 is 1.91 bits per heavy atom. The number of hydroxylamine groups is 1. The minimum Gasteiger partial charge on any atom is -0.444 e. The molecule has 0 unspecified atom stereocenters. The number of hydrogen-bond acceptors (Lipinski definition) is 11. The molecule has 184 valence electrons. The first-order valence-corrected chi connectivity index (χ1v) is 13.1. The van der Waals surface area contributed by atoms with Crippen LogP contribution in [0.3, 0.4) is 0 Å². The van der Waals surface area contributed by atoms with E-state index < -0.39 is 5.91 Å². The number of carbonyl (C=O) groups is 2. The highest BCUT2D eigenvalue weighted by Crippen LogP contribution is 2.47. The van der Waals surface area contributed by atoms with Crippen LogP contribution in [-0.4, -0.2) is 50.0 Å². The first kappa shape index (κ1) is 23.7. The molecule has 35 heavy (non-hydrogen) atoms. The molecule has 11 nitrogen and oxygen atoms in total. The Kier molecular flexibility index (Phi) is 6.71. The zero-order valence-electron chi connectivity index (χ0n) is 19.1. The number of nitrogens with zero attached hydrogens (tertiary/aromatic N) is 5. The third-order valence-electron chi connectivity index (χ3n) is 6.35. The lowest BCUT2D eigenvalue weighted by atomic mass is 9.96. The number of thioether (sulfide) groups is 1. The Labute approximate surface area is 209 Å². The predicted octanol–water partition coefficient (Wildman–Crippen LogP) is 3.24. The van der Waals surface area contributed by atoms with Crippen LogP contribution >= 0.6 is 23.1 Å². The van der Waals surface area contributed by atoms with Crippen LogP contribution in [0.25, 0.3) is 0 Å². The van der Waals surface area contributed by atoms with Crippen molar-refractivity contribution in [3.63, 3.8) is 0 Å². The summed E-state index contributed by atoms with van der Waals surface area (Å²) < 4.78 is 6.88. The van der Waals surface area contributed by atoms with Crippen molar-refractivity contribution in [2.75, 3.05) is 23.3 Å². The quantitative estimate of drug-likeness (QED) is 0.232. The van der Waals surface area contributed by atoms with E-state index in [1.807, 2.05) is 11.1 Å². The van der Waals surface area contributed by atoms with Crippen LogP contribution in [0.2, 0.25) is 0 Å². The summed E-state index contributed by atoms with van der Waals surface area (Å²) in [6.45, 7) is 3.44. The number of aromatic nitrogens is 4. The topological polar surface area (TPSA) is 146 Å².